The van der Waals surface area contributed by atoms with E-state index in [0.717, 1.165) is 18.4 Å². The molecule has 27 heavy (non-hydrogen) atoms. The number of fused-ring (bicyclic) bond motifs is 1. The normalized spacial score (nSPS) is 16.8. The molecule has 0 fully saturated rings. The zero-order chi connectivity index (χ0) is 20.0. The molecule has 1 unspecified atom stereocenters. The molecule has 0 heterocycles. The third-order valence-electron chi connectivity index (χ3n) is 4.68. The number of carbonyl (C=O) groups excluding carboxylic acids is 2. The number of ether oxygens (including phenoxy) is 2. The second kappa shape index (κ2) is 8.94. The average molecular weight is 371 g/mol. The summed E-state index contributed by atoms with van der Waals surface area (Å²) in [6, 6.07) is 7.91. The van der Waals surface area contributed by atoms with Crippen LogP contribution in [0.2, 0.25) is 0 Å². The fourth-order valence-electron chi connectivity index (χ4n) is 3.62. The predicted octanol–water partition coefficient (Wildman–Crippen LogP) is 4.32. The summed E-state index contributed by atoms with van der Waals surface area (Å²) in [7, 11) is 0. The van der Waals surface area contributed by atoms with Crippen molar-refractivity contribution in [2.45, 2.75) is 53.0 Å². The number of terminal acetylenes is 1. The van der Waals surface area contributed by atoms with E-state index in [0.29, 0.717) is 6.42 Å². The van der Waals surface area contributed by atoms with E-state index >= 15 is 0 Å². The van der Waals surface area contributed by atoms with Gasteiger partial charge in [-0.3, -0.25) is 9.69 Å². The van der Waals surface area contributed by atoms with Gasteiger partial charge in [0, 0.05) is 0 Å². The average Bonchev–Trinajstić information content (AvgIpc) is 3.01. The Balaban J connectivity index is 1.91. The number of esters is 1. The van der Waals surface area contributed by atoms with Crippen LogP contribution in [0.25, 0.3) is 0 Å². The van der Waals surface area contributed by atoms with Gasteiger partial charge in [-0.25, -0.2) is 4.79 Å². The van der Waals surface area contributed by atoms with E-state index in [-0.39, 0.29) is 29.9 Å². The summed E-state index contributed by atoms with van der Waals surface area (Å²) in [5, 5.41) is 0. The first kappa shape index (κ1) is 20.8. The lowest BCUT2D eigenvalue weighted by molar-refractivity contribution is -0.157. The van der Waals surface area contributed by atoms with E-state index in [1.54, 1.807) is 0 Å². The van der Waals surface area contributed by atoms with Crippen LogP contribution in [0.5, 0.6) is 0 Å². The molecule has 2 atom stereocenters. The summed E-state index contributed by atoms with van der Waals surface area (Å²) < 4.78 is 10.3. The van der Waals surface area contributed by atoms with Crippen LogP contribution < -0.4 is 0 Å². The number of aryl methyl sites for hydroxylation is 1. The quantitative estimate of drug-likeness (QED) is 0.425. The van der Waals surface area contributed by atoms with Crippen LogP contribution >= 0.6 is 0 Å². The van der Waals surface area contributed by atoms with Crippen LogP contribution in [-0.4, -0.2) is 30.3 Å². The van der Waals surface area contributed by atoms with E-state index in [4.69, 9.17) is 15.9 Å². The Morgan fingerprint density at radius 3 is 2.67 bits per heavy atom. The fraction of sp³-hybridized carbons (Fsp3) is 0.545. The first-order valence-electron chi connectivity index (χ1n) is 9.34. The van der Waals surface area contributed by atoms with Crippen LogP contribution in [-0.2, 0) is 20.7 Å². The lowest BCUT2D eigenvalue weighted by atomic mass is 9.85. The molecule has 0 saturated heterocycles. The molecule has 1 aromatic carbocycles. The Bertz CT molecular complexity index is 714. The zero-order valence-corrected chi connectivity index (χ0v) is 16.7. The van der Waals surface area contributed by atoms with Crippen molar-refractivity contribution >= 4 is 12.1 Å². The first-order valence-corrected chi connectivity index (χ1v) is 9.34. The van der Waals surface area contributed by atoms with Crippen LogP contribution in [0.1, 0.15) is 57.7 Å². The minimum atomic E-state index is -0.564. The third-order valence-corrected chi connectivity index (χ3v) is 4.68. The first-order chi connectivity index (χ1) is 12.7. The molecule has 1 aliphatic carbocycles. The molecule has 0 N–H and O–H groups in total. The summed E-state index contributed by atoms with van der Waals surface area (Å²) in [6.07, 6.45) is 7.28. The molecular formula is C22H29NO4. The number of benzene rings is 1. The molecule has 0 saturated carbocycles. The van der Waals surface area contributed by atoms with Gasteiger partial charge in [-0.05, 0) is 35.8 Å². The number of hydrogen-bond donors (Lipinski definition) is 0. The SMILES string of the molecule is C#CCN(C(=O)OCOC(=O)C(C)CC(C)(C)C)[C@@H]1CCc2ccccc21. The summed E-state index contributed by atoms with van der Waals surface area (Å²) in [5.74, 6) is 1.89. The number of nitrogens with zero attached hydrogens (tertiary/aromatic N) is 1. The number of carbonyl (C=O) groups is 2. The highest BCUT2D eigenvalue weighted by Crippen LogP contribution is 2.35. The Hall–Kier alpha value is -2.48. The summed E-state index contributed by atoms with van der Waals surface area (Å²) in [5.41, 5.74) is 2.34. The summed E-state index contributed by atoms with van der Waals surface area (Å²) in [4.78, 5) is 26.1. The molecule has 1 aliphatic rings. The smallest absolute Gasteiger partial charge is 0.413 e. The van der Waals surface area contributed by atoms with E-state index in [9.17, 15) is 9.59 Å². The van der Waals surface area contributed by atoms with Crippen LogP contribution in [0.3, 0.4) is 0 Å². The van der Waals surface area contributed by atoms with E-state index in [1.165, 1.54) is 10.5 Å². The van der Waals surface area contributed by atoms with Crippen LogP contribution in [0.4, 0.5) is 4.79 Å². The maximum Gasteiger partial charge on any atom is 0.413 e. The van der Waals surface area contributed by atoms with Crippen molar-refractivity contribution in [2.24, 2.45) is 11.3 Å². The van der Waals surface area contributed by atoms with Gasteiger partial charge in [0.2, 0.25) is 6.79 Å². The molecule has 0 radical (unpaired) electrons. The Morgan fingerprint density at radius 1 is 1.30 bits per heavy atom. The highest BCUT2D eigenvalue weighted by Gasteiger charge is 2.31. The molecule has 1 aromatic rings. The van der Waals surface area contributed by atoms with Crippen molar-refractivity contribution in [2.75, 3.05) is 13.3 Å². The molecule has 5 heteroatoms. The van der Waals surface area contributed by atoms with Crippen molar-refractivity contribution in [3.63, 3.8) is 0 Å². The maximum absolute atomic E-state index is 12.5. The number of hydrogen-bond acceptors (Lipinski definition) is 4. The maximum atomic E-state index is 12.5. The molecule has 146 valence electrons. The molecule has 0 bridgehead atoms. The molecule has 0 spiro atoms. The van der Waals surface area contributed by atoms with Gasteiger partial charge in [-0.1, -0.05) is 57.9 Å². The van der Waals surface area contributed by atoms with Crippen molar-refractivity contribution in [3.8, 4) is 12.3 Å². The van der Waals surface area contributed by atoms with E-state index < -0.39 is 12.9 Å². The van der Waals surface area contributed by atoms with Crippen molar-refractivity contribution in [1.82, 2.24) is 4.90 Å². The van der Waals surface area contributed by atoms with Gasteiger partial charge in [0.25, 0.3) is 0 Å². The molecular weight excluding hydrogens is 342 g/mol. The van der Waals surface area contributed by atoms with Gasteiger partial charge in [0.05, 0.1) is 18.5 Å². The van der Waals surface area contributed by atoms with Crippen LogP contribution in [0, 0.1) is 23.7 Å². The van der Waals surface area contributed by atoms with Crippen molar-refractivity contribution in [3.05, 3.63) is 35.4 Å². The Labute approximate surface area is 162 Å². The molecule has 0 aliphatic heterocycles. The Kier molecular flexibility index (Phi) is 6.90. The number of amides is 1. The largest absolute Gasteiger partial charge is 0.428 e. The minimum absolute atomic E-state index is 0.0224. The topological polar surface area (TPSA) is 55.8 Å². The molecule has 1 amide bonds. The monoisotopic (exact) mass is 371 g/mol. The Morgan fingerprint density at radius 2 is 2.00 bits per heavy atom. The second-order valence-corrected chi connectivity index (χ2v) is 8.24. The highest BCUT2D eigenvalue weighted by atomic mass is 16.7. The van der Waals surface area contributed by atoms with Crippen molar-refractivity contribution < 1.29 is 19.1 Å². The predicted molar refractivity (Wildman–Crippen MR) is 104 cm³/mol. The number of rotatable bonds is 6. The fourth-order valence-corrected chi connectivity index (χ4v) is 3.62. The zero-order valence-electron chi connectivity index (χ0n) is 16.7. The summed E-state index contributed by atoms with van der Waals surface area (Å²) >= 11 is 0. The molecule has 0 aromatic heterocycles. The lowest BCUT2D eigenvalue weighted by Gasteiger charge is -2.27. The third kappa shape index (κ3) is 5.75. The van der Waals surface area contributed by atoms with Crippen molar-refractivity contribution in [1.29, 1.82) is 0 Å². The summed E-state index contributed by atoms with van der Waals surface area (Å²) in [6.45, 7) is 7.75. The van der Waals surface area contributed by atoms with Gasteiger partial charge in [-0.15, -0.1) is 6.42 Å². The van der Waals surface area contributed by atoms with E-state index in [2.05, 4.69) is 32.8 Å². The molecule has 5 nitrogen and oxygen atoms in total. The van der Waals surface area contributed by atoms with E-state index in [1.807, 2.05) is 25.1 Å². The van der Waals surface area contributed by atoms with Crippen LogP contribution in [0.15, 0.2) is 24.3 Å². The van der Waals surface area contributed by atoms with Gasteiger partial charge >= 0.3 is 12.1 Å². The lowest BCUT2D eigenvalue weighted by Crippen LogP contribution is -2.35. The van der Waals surface area contributed by atoms with Gasteiger partial charge in [0.1, 0.15) is 0 Å². The second-order valence-electron chi connectivity index (χ2n) is 8.24. The highest BCUT2D eigenvalue weighted by molar-refractivity contribution is 5.72. The minimum Gasteiger partial charge on any atom is -0.428 e. The van der Waals surface area contributed by atoms with Gasteiger partial charge in [-0.2, -0.15) is 0 Å². The van der Waals surface area contributed by atoms with Gasteiger partial charge in [0.15, 0.2) is 0 Å². The standard InChI is InChI=1S/C22H29NO4/c1-6-13-23(19-12-11-17-9-7-8-10-18(17)19)21(25)27-15-26-20(24)16(2)14-22(3,4)5/h1,7-10,16,19H,11-15H2,2-5H3/t16?,19-/m1/s1. The van der Waals surface area contributed by atoms with Gasteiger partial charge < -0.3 is 9.47 Å². The molecule has 2 rings (SSSR count).